The van der Waals surface area contributed by atoms with E-state index in [-0.39, 0.29) is 0 Å². The lowest BCUT2D eigenvalue weighted by Gasteiger charge is -2.05. The molecular weight excluding hydrogens is 224 g/mol. The predicted molar refractivity (Wildman–Crippen MR) is 53.3 cm³/mol. The zero-order valence-corrected chi connectivity index (χ0v) is 9.10. The second kappa shape index (κ2) is 4.79. The molecule has 1 rings (SSSR count). The Morgan fingerprint density at radius 3 is 2.79 bits per heavy atom. The van der Waals surface area contributed by atoms with E-state index in [0.717, 1.165) is 11.1 Å². The van der Waals surface area contributed by atoms with Gasteiger partial charge in [-0.1, -0.05) is 29.8 Å². The Labute approximate surface area is 87.4 Å². The van der Waals surface area contributed by atoms with Crippen molar-refractivity contribution in [1.82, 2.24) is 0 Å². The van der Waals surface area contributed by atoms with Crippen LogP contribution in [0.15, 0.2) is 24.3 Å². The Balaban J connectivity index is 2.47. The highest BCUT2D eigenvalue weighted by Crippen LogP contribution is 2.15. The molecule has 0 N–H and O–H groups in total. The van der Waals surface area contributed by atoms with Gasteiger partial charge >= 0.3 is 0 Å². The van der Waals surface area contributed by atoms with E-state index in [1.807, 2.05) is 31.2 Å². The molecule has 0 saturated carbocycles. The Bertz CT molecular complexity index is 400. The van der Waals surface area contributed by atoms with E-state index < -0.39 is 10.4 Å². The fraction of sp³-hybridized carbons (Fsp3) is 0.250. The van der Waals surface area contributed by atoms with Crippen molar-refractivity contribution >= 4 is 22.4 Å². The maximum absolute atomic E-state index is 10.1. The van der Waals surface area contributed by atoms with Crippen LogP contribution in [0.1, 0.15) is 11.1 Å². The minimum absolute atomic E-state index is 0.336. The van der Waals surface area contributed by atoms with E-state index in [2.05, 4.69) is 3.63 Å². The maximum atomic E-state index is 10.1. The van der Waals surface area contributed by atoms with Gasteiger partial charge in [0.1, 0.15) is 0 Å². The summed E-state index contributed by atoms with van der Waals surface area (Å²) in [5, 5.41) is 0. The van der Waals surface area contributed by atoms with Gasteiger partial charge in [-0.2, -0.15) is 0 Å². The van der Waals surface area contributed by atoms with Crippen LogP contribution in [0.25, 0.3) is 0 Å². The Kier molecular flexibility index (Phi) is 3.94. The Morgan fingerprint density at radius 1 is 1.50 bits per heavy atom. The second-order valence-electron chi connectivity index (χ2n) is 2.73. The first kappa shape index (κ1) is 11.5. The summed E-state index contributed by atoms with van der Waals surface area (Å²) in [5.41, 5.74) is 1.99. The Morgan fingerprint density at radius 2 is 2.21 bits per heavy atom. The largest absolute Gasteiger partial charge is 0.725 e. The minimum atomic E-state index is -4.59. The molecule has 0 unspecified atom stereocenters. The molecular formula is C8H9O4S2-. The first-order valence-corrected chi connectivity index (χ1v) is 6.04. The van der Waals surface area contributed by atoms with E-state index in [9.17, 15) is 13.0 Å². The number of benzene rings is 1. The van der Waals surface area contributed by atoms with E-state index in [4.69, 9.17) is 0 Å². The number of rotatable bonds is 4. The van der Waals surface area contributed by atoms with Crippen LogP contribution in [0.3, 0.4) is 0 Å². The van der Waals surface area contributed by atoms with Crippen LogP contribution in [-0.2, 0) is 19.8 Å². The lowest BCUT2D eigenvalue weighted by atomic mass is 10.2. The third-order valence-corrected chi connectivity index (χ3v) is 2.94. The number of hydrogen-bond acceptors (Lipinski definition) is 5. The zero-order chi connectivity index (χ0) is 10.6. The summed E-state index contributed by atoms with van der Waals surface area (Å²) in [6.07, 6.45) is 0. The molecule has 0 fully saturated rings. The van der Waals surface area contributed by atoms with Gasteiger partial charge in [0, 0.05) is 17.8 Å². The number of aryl methyl sites for hydroxylation is 1. The van der Waals surface area contributed by atoms with Crippen LogP contribution in [-0.4, -0.2) is 13.0 Å². The monoisotopic (exact) mass is 233 g/mol. The molecule has 0 aliphatic rings. The van der Waals surface area contributed by atoms with E-state index in [0.29, 0.717) is 17.8 Å². The molecule has 78 valence electrons. The second-order valence-corrected chi connectivity index (χ2v) is 4.61. The average molecular weight is 233 g/mol. The van der Waals surface area contributed by atoms with Gasteiger partial charge in [-0.25, -0.2) is 12.0 Å². The van der Waals surface area contributed by atoms with Crippen molar-refractivity contribution in [1.29, 1.82) is 0 Å². The molecule has 0 spiro atoms. The minimum Gasteiger partial charge on any atom is -0.725 e. The summed E-state index contributed by atoms with van der Waals surface area (Å²) in [7, 11) is -4.59. The summed E-state index contributed by atoms with van der Waals surface area (Å²) in [6, 6.07) is 7.52. The number of hydrogen-bond donors (Lipinski definition) is 0. The molecule has 0 atom stereocenters. The molecule has 1 aromatic carbocycles. The summed E-state index contributed by atoms with van der Waals surface area (Å²) in [4.78, 5) is 0. The van der Waals surface area contributed by atoms with Crippen LogP contribution in [0.2, 0.25) is 0 Å². The van der Waals surface area contributed by atoms with E-state index in [1.54, 1.807) is 0 Å². The normalized spacial score (nSPS) is 11.6. The van der Waals surface area contributed by atoms with Gasteiger partial charge in [0.2, 0.25) is 10.4 Å². The van der Waals surface area contributed by atoms with Crippen molar-refractivity contribution in [2.75, 3.05) is 0 Å². The average Bonchev–Trinajstić information content (AvgIpc) is 2.01. The standard InChI is InChI=1S/C8H10O4S2/c1-7-3-2-4-8(5-7)6-13-12-14(9,10)11/h2-5H,6H2,1H3,(H,9,10,11)/p-1. The molecule has 0 aliphatic carbocycles. The molecule has 0 aliphatic heterocycles. The molecule has 0 amide bonds. The van der Waals surface area contributed by atoms with Gasteiger partial charge in [0.15, 0.2) is 0 Å². The van der Waals surface area contributed by atoms with Gasteiger partial charge in [0.25, 0.3) is 0 Å². The summed E-state index contributed by atoms with van der Waals surface area (Å²) in [5.74, 6) is 0.336. The molecule has 1 aromatic rings. The highest BCUT2D eigenvalue weighted by molar-refractivity contribution is 8.02. The molecule has 14 heavy (non-hydrogen) atoms. The highest BCUT2D eigenvalue weighted by Gasteiger charge is 1.98. The fourth-order valence-corrected chi connectivity index (χ4v) is 1.93. The zero-order valence-electron chi connectivity index (χ0n) is 7.47. The van der Waals surface area contributed by atoms with Gasteiger partial charge in [-0.05, 0) is 12.5 Å². The van der Waals surface area contributed by atoms with Crippen LogP contribution in [0.4, 0.5) is 0 Å². The van der Waals surface area contributed by atoms with Crippen LogP contribution < -0.4 is 0 Å². The first-order chi connectivity index (χ1) is 6.47. The van der Waals surface area contributed by atoms with Crippen LogP contribution >= 0.6 is 12.0 Å². The van der Waals surface area contributed by atoms with Crippen molar-refractivity contribution in [3.05, 3.63) is 35.4 Å². The van der Waals surface area contributed by atoms with Crippen molar-refractivity contribution in [2.45, 2.75) is 12.7 Å². The lowest BCUT2D eigenvalue weighted by Crippen LogP contribution is -1.97. The molecule has 0 aromatic heterocycles. The third-order valence-electron chi connectivity index (χ3n) is 1.44. The molecule has 0 heterocycles. The van der Waals surface area contributed by atoms with Crippen molar-refractivity contribution < 1.29 is 16.6 Å². The van der Waals surface area contributed by atoms with Gasteiger partial charge in [-0.3, -0.25) is 0 Å². The highest BCUT2D eigenvalue weighted by atomic mass is 32.3. The SMILES string of the molecule is Cc1cccc(CSOS(=O)(=O)[O-])c1. The van der Waals surface area contributed by atoms with Crippen LogP contribution in [0.5, 0.6) is 0 Å². The van der Waals surface area contributed by atoms with Gasteiger partial charge in [-0.15, -0.1) is 0 Å². The van der Waals surface area contributed by atoms with Crippen LogP contribution in [0, 0.1) is 6.92 Å². The molecule has 6 heteroatoms. The topological polar surface area (TPSA) is 66.4 Å². The van der Waals surface area contributed by atoms with Crippen molar-refractivity contribution in [3.8, 4) is 0 Å². The maximum Gasteiger partial charge on any atom is 0.228 e. The van der Waals surface area contributed by atoms with Gasteiger partial charge in [0.05, 0.1) is 0 Å². The van der Waals surface area contributed by atoms with Crippen molar-refractivity contribution in [3.63, 3.8) is 0 Å². The molecule has 0 bridgehead atoms. The molecule has 0 radical (unpaired) electrons. The quantitative estimate of drug-likeness (QED) is 0.449. The Hall–Kier alpha value is -0.560. The summed E-state index contributed by atoms with van der Waals surface area (Å²) < 4.78 is 34.3. The van der Waals surface area contributed by atoms with Crippen molar-refractivity contribution in [2.24, 2.45) is 0 Å². The third kappa shape index (κ3) is 4.61. The fourth-order valence-electron chi connectivity index (χ4n) is 0.953. The van der Waals surface area contributed by atoms with Gasteiger partial charge < -0.3 is 4.55 Å². The lowest BCUT2D eigenvalue weighted by molar-refractivity contribution is 0.391. The first-order valence-electron chi connectivity index (χ1n) is 3.80. The van der Waals surface area contributed by atoms with E-state index in [1.165, 1.54) is 0 Å². The smallest absolute Gasteiger partial charge is 0.228 e. The van der Waals surface area contributed by atoms with E-state index >= 15 is 0 Å². The summed E-state index contributed by atoms with van der Waals surface area (Å²) >= 11 is 0.622. The predicted octanol–water partition coefficient (Wildman–Crippen LogP) is 1.62. The summed E-state index contributed by atoms with van der Waals surface area (Å²) in [6.45, 7) is 1.93. The molecule has 0 saturated heterocycles. The molecule has 4 nitrogen and oxygen atoms in total.